The van der Waals surface area contributed by atoms with Crippen LogP contribution in [0.3, 0.4) is 0 Å². The molecule has 1 saturated heterocycles. The van der Waals surface area contributed by atoms with Crippen LogP contribution < -0.4 is 14.8 Å². The SMILES string of the molecule is Cc1c(OCCCNC(C)(CO)C(=O)O)cccc1-c1cccc(OCCCN2CC[C@@H](O)C2)c1C. The zero-order chi connectivity index (χ0) is 26.1. The quantitative estimate of drug-likeness (QED) is 0.293. The van der Waals surface area contributed by atoms with Crippen molar-refractivity contribution in [1.82, 2.24) is 10.2 Å². The second kappa shape index (κ2) is 13.1. The van der Waals surface area contributed by atoms with Crippen LogP contribution >= 0.6 is 0 Å². The first-order valence-corrected chi connectivity index (χ1v) is 12.7. The van der Waals surface area contributed by atoms with Crippen LogP contribution in [0.5, 0.6) is 11.5 Å². The van der Waals surface area contributed by atoms with E-state index >= 15 is 0 Å². The van der Waals surface area contributed by atoms with Crippen molar-refractivity contribution in [1.29, 1.82) is 0 Å². The molecule has 0 aromatic heterocycles. The Balaban J connectivity index is 1.56. The molecule has 0 amide bonds. The Morgan fingerprint density at radius 1 is 1.06 bits per heavy atom. The van der Waals surface area contributed by atoms with Gasteiger partial charge < -0.3 is 35.0 Å². The molecule has 2 aromatic carbocycles. The number of nitrogens with zero attached hydrogens (tertiary/aromatic N) is 1. The smallest absolute Gasteiger partial charge is 0.326 e. The zero-order valence-corrected chi connectivity index (χ0v) is 21.6. The number of carbonyl (C=O) groups is 1. The molecular formula is C28H40N2O6. The number of nitrogens with one attached hydrogen (secondary N) is 1. The van der Waals surface area contributed by atoms with E-state index in [0.717, 1.165) is 66.2 Å². The lowest BCUT2D eigenvalue weighted by molar-refractivity contribution is -0.145. The number of aliphatic hydroxyl groups is 2. The number of carboxylic acids is 1. The van der Waals surface area contributed by atoms with Gasteiger partial charge in [0.05, 0.1) is 25.9 Å². The van der Waals surface area contributed by atoms with Gasteiger partial charge in [0, 0.05) is 19.6 Å². The summed E-state index contributed by atoms with van der Waals surface area (Å²) >= 11 is 0. The van der Waals surface area contributed by atoms with E-state index in [4.69, 9.17) is 9.47 Å². The van der Waals surface area contributed by atoms with E-state index < -0.39 is 18.1 Å². The number of aliphatic carboxylic acids is 1. The lowest BCUT2D eigenvalue weighted by Gasteiger charge is -2.23. The molecule has 198 valence electrons. The van der Waals surface area contributed by atoms with Crippen LogP contribution in [0.4, 0.5) is 0 Å². The van der Waals surface area contributed by atoms with Gasteiger partial charge in [0.25, 0.3) is 0 Å². The van der Waals surface area contributed by atoms with Gasteiger partial charge in [-0.25, -0.2) is 0 Å². The molecule has 1 aliphatic rings. The highest BCUT2D eigenvalue weighted by atomic mass is 16.5. The topological polar surface area (TPSA) is 111 Å². The highest BCUT2D eigenvalue weighted by Crippen LogP contribution is 2.35. The fourth-order valence-corrected chi connectivity index (χ4v) is 4.43. The molecule has 1 fully saturated rings. The number of rotatable bonds is 14. The number of benzene rings is 2. The Morgan fingerprint density at radius 3 is 2.14 bits per heavy atom. The molecule has 0 aliphatic carbocycles. The molecule has 4 N–H and O–H groups in total. The van der Waals surface area contributed by atoms with Crippen LogP contribution in [0.2, 0.25) is 0 Å². The van der Waals surface area contributed by atoms with Gasteiger partial charge in [-0.2, -0.15) is 0 Å². The second-order valence-corrected chi connectivity index (χ2v) is 9.73. The van der Waals surface area contributed by atoms with Crippen molar-refractivity contribution >= 4 is 5.97 Å². The first-order valence-electron chi connectivity index (χ1n) is 12.7. The van der Waals surface area contributed by atoms with Crippen molar-refractivity contribution in [3.05, 3.63) is 47.5 Å². The van der Waals surface area contributed by atoms with Crippen LogP contribution in [-0.4, -0.2) is 83.8 Å². The molecule has 8 nitrogen and oxygen atoms in total. The van der Waals surface area contributed by atoms with Gasteiger partial charge >= 0.3 is 5.97 Å². The number of hydrogen-bond acceptors (Lipinski definition) is 7. The van der Waals surface area contributed by atoms with Crippen molar-refractivity contribution in [2.45, 2.75) is 51.7 Å². The molecule has 0 radical (unpaired) electrons. The Morgan fingerprint density at radius 2 is 1.64 bits per heavy atom. The minimum Gasteiger partial charge on any atom is -0.493 e. The molecular weight excluding hydrogens is 460 g/mol. The summed E-state index contributed by atoms with van der Waals surface area (Å²) in [7, 11) is 0. The van der Waals surface area contributed by atoms with Crippen LogP contribution in [0.1, 0.15) is 37.3 Å². The Kier molecular flexibility index (Phi) is 10.1. The van der Waals surface area contributed by atoms with Gasteiger partial charge in [-0.3, -0.25) is 4.79 Å². The lowest BCUT2D eigenvalue weighted by atomic mass is 9.95. The van der Waals surface area contributed by atoms with Crippen LogP contribution in [0, 0.1) is 13.8 Å². The van der Waals surface area contributed by atoms with Crippen LogP contribution in [0.25, 0.3) is 11.1 Å². The molecule has 1 aliphatic heterocycles. The van der Waals surface area contributed by atoms with Gasteiger partial charge in [0.1, 0.15) is 17.0 Å². The predicted octanol–water partition coefficient (Wildman–Crippen LogP) is 3.00. The number of likely N-dealkylation sites (tertiary alicyclic amines) is 1. The first-order chi connectivity index (χ1) is 17.2. The zero-order valence-electron chi connectivity index (χ0n) is 21.6. The summed E-state index contributed by atoms with van der Waals surface area (Å²) in [4.78, 5) is 13.5. The maximum Gasteiger partial charge on any atom is 0.326 e. The highest BCUT2D eigenvalue weighted by Gasteiger charge is 2.31. The van der Waals surface area contributed by atoms with Crippen LogP contribution in [-0.2, 0) is 4.79 Å². The molecule has 0 saturated carbocycles. The monoisotopic (exact) mass is 500 g/mol. The maximum absolute atomic E-state index is 11.3. The summed E-state index contributed by atoms with van der Waals surface area (Å²) in [6.07, 6.45) is 2.18. The standard InChI is InChI=1S/C28H40N2O6/c1-20-23(8-4-10-25(20)35-16-6-13-29-28(3,19-31)27(33)34)24-9-5-11-26(21(24)2)36-17-7-14-30-15-12-22(32)18-30/h4-5,8-11,22,29,31-32H,6-7,12-19H2,1-3H3,(H,33,34)/t22-,28?/m1/s1. The Bertz CT molecular complexity index is 1010. The number of ether oxygens (including phenoxy) is 2. The fourth-order valence-electron chi connectivity index (χ4n) is 4.43. The number of β-amino-alcohol motifs (C(OH)–C–C–N with tert-alkyl or cyclic N) is 1. The summed E-state index contributed by atoms with van der Waals surface area (Å²) in [5.74, 6) is 0.577. The third-order valence-electron chi connectivity index (χ3n) is 6.86. The number of carboxylic acid groups (broad SMARTS) is 1. The van der Waals surface area contributed by atoms with Crippen molar-refractivity contribution in [3.8, 4) is 22.6 Å². The van der Waals surface area contributed by atoms with Gasteiger partial charge in [-0.1, -0.05) is 24.3 Å². The average Bonchev–Trinajstić information content (AvgIpc) is 3.28. The average molecular weight is 501 g/mol. The Hall–Kier alpha value is -2.65. The van der Waals surface area contributed by atoms with Gasteiger partial charge in [-0.15, -0.1) is 0 Å². The molecule has 1 unspecified atom stereocenters. The first kappa shape index (κ1) is 27.9. The second-order valence-electron chi connectivity index (χ2n) is 9.73. The molecule has 0 bridgehead atoms. The number of aliphatic hydroxyl groups excluding tert-OH is 2. The predicted molar refractivity (Wildman–Crippen MR) is 140 cm³/mol. The summed E-state index contributed by atoms with van der Waals surface area (Å²) < 4.78 is 12.1. The van der Waals surface area contributed by atoms with E-state index in [-0.39, 0.29) is 6.10 Å². The molecule has 2 atom stereocenters. The Labute approximate surface area is 213 Å². The van der Waals surface area contributed by atoms with E-state index in [1.807, 2.05) is 31.2 Å². The highest BCUT2D eigenvalue weighted by molar-refractivity contribution is 5.78. The normalized spacial score (nSPS) is 17.6. The fraction of sp³-hybridized carbons (Fsp3) is 0.536. The molecule has 3 rings (SSSR count). The van der Waals surface area contributed by atoms with Crippen molar-refractivity contribution < 1.29 is 29.6 Å². The summed E-state index contributed by atoms with van der Waals surface area (Å²) in [5.41, 5.74) is 2.94. The number of hydrogen-bond donors (Lipinski definition) is 4. The third-order valence-corrected chi connectivity index (χ3v) is 6.86. The minimum atomic E-state index is -1.35. The van der Waals surface area contributed by atoms with Gasteiger partial charge in [0.2, 0.25) is 0 Å². The van der Waals surface area contributed by atoms with Crippen molar-refractivity contribution in [2.24, 2.45) is 0 Å². The lowest BCUT2D eigenvalue weighted by Crippen LogP contribution is -2.52. The maximum atomic E-state index is 11.3. The minimum absolute atomic E-state index is 0.191. The van der Waals surface area contributed by atoms with E-state index in [1.165, 1.54) is 6.92 Å². The van der Waals surface area contributed by atoms with Gasteiger partial charge in [0.15, 0.2) is 0 Å². The van der Waals surface area contributed by atoms with E-state index in [2.05, 4.69) is 29.3 Å². The molecule has 2 aromatic rings. The molecule has 8 heteroatoms. The van der Waals surface area contributed by atoms with Crippen LogP contribution in [0.15, 0.2) is 36.4 Å². The van der Waals surface area contributed by atoms with E-state index in [0.29, 0.717) is 26.2 Å². The van der Waals surface area contributed by atoms with E-state index in [1.54, 1.807) is 0 Å². The summed E-state index contributed by atoms with van der Waals surface area (Å²) in [5, 5.41) is 31.1. The third kappa shape index (κ3) is 7.20. The largest absolute Gasteiger partial charge is 0.493 e. The van der Waals surface area contributed by atoms with E-state index in [9.17, 15) is 20.1 Å². The summed E-state index contributed by atoms with van der Waals surface area (Å²) in [6.45, 7) is 9.20. The van der Waals surface area contributed by atoms with Crippen molar-refractivity contribution in [2.75, 3.05) is 46.0 Å². The summed E-state index contributed by atoms with van der Waals surface area (Å²) in [6, 6.07) is 12.1. The molecule has 1 heterocycles. The van der Waals surface area contributed by atoms with Crippen molar-refractivity contribution in [3.63, 3.8) is 0 Å². The molecule has 0 spiro atoms. The molecule has 36 heavy (non-hydrogen) atoms. The van der Waals surface area contributed by atoms with Gasteiger partial charge in [-0.05, 0) is 81.0 Å².